The average molecular weight is 209 g/mol. The molecule has 0 fully saturated rings. The van der Waals surface area contributed by atoms with E-state index in [1.807, 2.05) is 54.7 Å². The number of rotatable bonds is 0. The summed E-state index contributed by atoms with van der Waals surface area (Å²) in [5.41, 5.74) is 3.81. The van der Waals surface area contributed by atoms with Crippen LogP contribution in [0, 0.1) is 0 Å². The molecular formula is C13H11N3. The van der Waals surface area contributed by atoms with E-state index in [-0.39, 0.29) is 0 Å². The van der Waals surface area contributed by atoms with Crippen molar-refractivity contribution in [3.63, 3.8) is 0 Å². The number of benzene rings is 2. The van der Waals surface area contributed by atoms with Crippen molar-refractivity contribution in [2.75, 3.05) is 5.01 Å². The van der Waals surface area contributed by atoms with Crippen molar-refractivity contribution in [3.8, 4) is 0 Å². The molecule has 2 aromatic carbocycles. The largest absolute Gasteiger partial charge is 0.277 e. The van der Waals surface area contributed by atoms with Gasteiger partial charge in [0.2, 0.25) is 0 Å². The van der Waals surface area contributed by atoms with Gasteiger partial charge in [-0.1, -0.05) is 30.3 Å². The quantitative estimate of drug-likeness (QED) is 0.678. The first kappa shape index (κ1) is 9.12. The first-order valence-corrected chi connectivity index (χ1v) is 5.13. The zero-order valence-corrected chi connectivity index (χ0v) is 8.67. The Labute approximate surface area is 93.8 Å². The first-order chi connectivity index (χ1) is 7.86. The summed E-state index contributed by atoms with van der Waals surface area (Å²) in [6.07, 6.45) is 1.85. The van der Waals surface area contributed by atoms with E-state index in [2.05, 4.69) is 4.99 Å². The van der Waals surface area contributed by atoms with Gasteiger partial charge in [-0.05, 0) is 18.2 Å². The molecule has 0 aromatic heterocycles. The van der Waals surface area contributed by atoms with Crippen LogP contribution in [0.2, 0.25) is 0 Å². The lowest BCUT2D eigenvalue weighted by molar-refractivity contribution is 1.09. The zero-order valence-electron chi connectivity index (χ0n) is 8.67. The molecule has 0 bridgehead atoms. The number of hydrogen-bond donors (Lipinski definition) is 1. The Morgan fingerprint density at radius 1 is 0.875 bits per heavy atom. The van der Waals surface area contributed by atoms with E-state index in [4.69, 9.17) is 5.84 Å². The fourth-order valence-electron chi connectivity index (χ4n) is 1.86. The van der Waals surface area contributed by atoms with Crippen LogP contribution in [0.4, 0.5) is 17.1 Å². The van der Waals surface area contributed by atoms with Gasteiger partial charge in [-0.3, -0.25) is 10.0 Å². The molecule has 0 saturated carbocycles. The number of nitrogens with two attached hydrogens (primary N) is 1. The summed E-state index contributed by atoms with van der Waals surface area (Å²) in [6, 6.07) is 15.8. The number of aliphatic imine (C=N–C) groups is 1. The van der Waals surface area contributed by atoms with Crippen LogP contribution in [0.1, 0.15) is 5.56 Å². The zero-order chi connectivity index (χ0) is 11.0. The van der Waals surface area contributed by atoms with Crippen LogP contribution in [-0.4, -0.2) is 6.21 Å². The maximum absolute atomic E-state index is 6.11. The number of para-hydroxylation sites is 3. The van der Waals surface area contributed by atoms with Crippen molar-refractivity contribution in [2.45, 2.75) is 0 Å². The molecule has 1 heterocycles. The van der Waals surface area contributed by atoms with Gasteiger partial charge in [-0.25, -0.2) is 5.84 Å². The maximum atomic E-state index is 6.11. The van der Waals surface area contributed by atoms with E-state index in [1.165, 1.54) is 0 Å². The van der Waals surface area contributed by atoms with Gasteiger partial charge in [0.15, 0.2) is 0 Å². The summed E-state index contributed by atoms with van der Waals surface area (Å²) < 4.78 is 0. The van der Waals surface area contributed by atoms with E-state index in [0.29, 0.717) is 0 Å². The topological polar surface area (TPSA) is 41.6 Å². The lowest BCUT2D eigenvalue weighted by Gasteiger charge is -2.19. The molecule has 3 nitrogen and oxygen atoms in total. The minimum absolute atomic E-state index is 0.890. The van der Waals surface area contributed by atoms with Crippen LogP contribution in [0.25, 0.3) is 0 Å². The Kier molecular flexibility index (Phi) is 1.98. The van der Waals surface area contributed by atoms with Crippen LogP contribution in [0.3, 0.4) is 0 Å². The second-order valence-corrected chi connectivity index (χ2v) is 3.68. The minimum atomic E-state index is 0.890. The lowest BCUT2D eigenvalue weighted by atomic mass is 10.2. The highest BCUT2D eigenvalue weighted by Gasteiger charge is 2.14. The van der Waals surface area contributed by atoms with Gasteiger partial charge in [0.1, 0.15) is 0 Å². The molecular weight excluding hydrogens is 198 g/mol. The predicted molar refractivity (Wildman–Crippen MR) is 66.5 cm³/mol. The number of fused-ring (bicyclic) bond motifs is 2. The summed E-state index contributed by atoms with van der Waals surface area (Å²) >= 11 is 0. The molecule has 3 rings (SSSR count). The van der Waals surface area contributed by atoms with Gasteiger partial charge in [0, 0.05) is 11.8 Å². The average Bonchev–Trinajstić information content (AvgIpc) is 2.49. The van der Waals surface area contributed by atoms with Gasteiger partial charge in [0.05, 0.1) is 17.1 Å². The highest BCUT2D eigenvalue weighted by atomic mass is 15.4. The molecule has 0 unspecified atom stereocenters. The normalized spacial score (nSPS) is 12.9. The summed E-state index contributed by atoms with van der Waals surface area (Å²) in [5.74, 6) is 6.11. The number of anilines is 2. The molecule has 0 amide bonds. The Morgan fingerprint density at radius 3 is 2.44 bits per heavy atom. The van der Waals surface area contributed by atoms with Crippen molar-refractivity contribution in [1.29, 1.82) is 0 Å². The molecule has 0 radical (unpaired) electrons. The van der Waals surface area contributed by atoms with Crippen molar-refractivity contribution < 1.29 is 0 Å². The fourth-order valence-corrected chi connectivity index (χ4v) is 1.86. The number of hydrazine groups is 1. The summed E-state index contributed by atoms with van der Waals surface area (Å²) in [5, 5.41) is 1.68. The second-order valence-electron chi connectivity index (χ2n) is 3.68. The van der Waals surface area contributed by atoms with Crippen LogP contribution < -0.4 is 10.9 Å². The van der Waals surface area contributed by atoms with Gasteiger partial charge in [0.25, 0.3) is 0 Å². The van der Waals surface area contributed by atoms with Crippen molar-refractivity contribution in [3.05, 3.63) is 54.1 Å². The Hall–Kier alpha value is -2.13. The molecule has 1 aliphatic rings. The number of hydrogen-bond acceptors (Lipinski definition) is 3. The Balaban J connectivity index is 2.26. The van der Waals surface area contributed by atoms with Gasteiger partial charge in [-0.2, -0.15) is 0 Å². The van der Waals surface area contributed by atoms with E-state index in [1.54, 1.807) is 5.01 Å². The highest BCUT2D eigenvalue weighted by molar-refractivity contribution is 5.95. The predicted octanol–water partition coefficient (Wildman–Crippen LogP) is 2.76. The third-order valence-electron chi connectivity index (χ3n) is 2.68. The smallest absolute Gasteiger partial charge is 0.0881 e. The molecule has 2 N–H and O–H groups in total. The summed E-state index contributed by atoms with van der Waals surface area (Å²) in [4.78, 5) is 4.43. The van der Waals surface area contributed by atoms with Crippen LogP contribution in [0.15, 0.2) is 53.5 Å². The Bertz CT molecular complexity index is 511. The van der Waals surface area contributed by atoms with E-state index < -0.39 is 0 Å². The molecule has 0 aliphatic carbocycles. The van der Waals surface area contributed by atoms with Gasteiger partial charge in [-0.15, -0.1) is 0 Å². The Morgan fingerprint density at radius 2 is 1.56 bits per heavy atom. The SMILES string of the molecule is NN1c2ccccc2C=Nc2ccccc21. The molecule has 0 atom stereocenters. The molecule has 0 saturated heterocycles. The minimum Gasteiger partial charge on any atom is -0.277 e. The third kappa shape index (κ3) is 1.30. The van der Waals surface area contributed by atoms with Crippen molar-refractivity contribution in [2.24, 2.45) is 10.8 Å². The molecule has 78 valence electrons. The highest BCUT2D eigenvalue weighted by Crippen LogP contribution is 2.34. The van der Waals surface area contributed by atoms with E-state index in [9.17, 15) is 0 Å². The number of nitrogens with zero attached hydrogens (tertiary/aromatic N) is 2. The molecule has 0 spiro atoms. The van der Waals surface area contributed by atoms with Crippen LogP contribution in [0.5, 0.6) is 0 Å². The monoisotopic (exact) mass is 209 g/mol. The molecule has 2 aromatic rings. The fraction of sp³-hybridized carbons (Fsp3) is 0. The van der Waals surface area contributed by atoms with Crippen molar-refractivity contribution >= 4 is 23.3 Å². The van der Waals surface area contributed by atoms with Crippen LogP contribution >= 0.6 is 0 Å². The van der Waals surface area contributed by atoms with Crippen LogP contribution in [-0.2, 0) is 0 Å². The van der Waals surface area contributed by atoms with E-state index >= 15 is 0 Å². The first-order valence-electron chi connectivity index (χ1n) is 5.13. The van der Waals surface area contributed by atoms with E-state index in [0.717, 1.165) is 22.6 Å². The second kappa shape index (κ2) is 3.47. The molecule has 1 aliphatic heterocycles. The van der Waals surface area contributed by atoms with Gasteiger partial charge < -0.3 is 0 Å². The van der Waals surface area contributed by atoms with Gasteiger partial charge >= 0.3 is 0 Å². The molecule has 3 heteroatoms. The summed E-state index contributed by atoms with van der Waals surface area (Å²) in [7, 11) is 0. The standard InChI is InChI=1S/C13H11N3/c14-16-12-7-3-1-5-10(12)9-15-11-6-2-4-8-13(11)16/h1-9H,14H2. The van der Waals surface area contributed by atoms with Crippen molar-refractivity contribution in [1.82, 2.24) is 0 Å². The third-order valence-corrected chi connectivity index (χ3v) is 2.68. The lowest BCUT2D eigenvalue weighted by Crippen LogP contribution is -2.25. The molecule has 16 heavy (non-hydrogen) atoms. The maximum Gasteiger partial charge on any atom is 0.0881 e. The summed E-state index contributed by atoms with van der Waals surface area (Å²) in [6.45, 7) is 0.